The van der Waals surface area contributed by atoms with Crippen molar-refractivity contribution >= 4 is 75.2 Å². The Kier molecular flexibility index (Phi) is 12.5. The van der Waals surface area contributed by atoms with Gasteiger partial charge in [0.15, 0.2) is 18.2 Å². The van der Waals surface area contributed by atoms with Gasteiger partial charge in [0, 0.05) is 80.6 Å². The van der Waals surface area contributed by atoms with Crippen LogP contribution in [0.25, 0.3) is 10.9 Å². The highest BCUT2D eigenvalue weighted by molar-refractivity contribution is 6.33. The third-order valence-electron chi connectivity index (χ3n) is 13.5. The fourth-order valence-electron chi connectivity index (χ4n) is 10.2. The Bertz CT molecular complexity index is 2650. The molecule has 1 saturated carbocycles. The zero-order chi connectivity index (χ0) is 46.6. The first kappa shape index (κ1) is 45.1. The molecule has 0 bridgehead atoms. The quantitative estimate of drug-likeness (QED) is 0.169. The number of nitrogens with one attached hydrogen (secondary N) is 3. The molecule has 19 heteroatoms. The second kappa shape index (κ2) is 18.3. The van der Waals surface area contributed by atoms with Gasteiger partial charge in [-0.25, -0.2) is 4.98 Å². The average Bonchev–Trinajstić information content (AvgIpc) is 3.52. The van der Waals surface area contributed by atoms with Gasteiger partial charge in [-0.05, 0) is 102 Å². The van der Waals surface area contributed by atoms with Crippen LogP contribution in [-0.4, -0.2) is 130 Å². The fourth-order valence-corrected chi connectivity index (χ4v) is 10.4. The van der Waals surface area contributed by atoms with Crippen LogP contribution in [0.5, 0.6) is 5.75 Å². The van der Waals surface area contributed by atoms with E-state index in [1.54, 1.807) is 29.0 Å². The van der Waals surface area contributed by atoms with Crippen LogP contribution in [0.15, 0.2) is 53.5 Å². The van der Waals surface area contributed by atoms with E-state index in [0.717, 1.165) is 73.4 Å². The Morgan fingerprint density at radius 1 is 0.909 bits per heavy atom. The number of fused-ring (bicyclic) bond motifs is 2. The van der Waals surface area contributed by atoms with Gasteiger partial charge in [0.1, 0.15) is 11.1 Å². The molecular formula is C47H55ClN10O8. The topological polar surface area (TPSA) is 201 Å². The molecule has 6 heterocycles. The minimum absolute atomic E-state index is 0.0795. The monoisotopic (exact) mass is 922 g/mol. The number of piperidine rings is 2. The number of rotatable bonds is 12. The summed E-state index contributed by atoms with van der Waals surface area (Å²) >= 11 is 6.61. The molecule has 2 aromatic heterocycles. The Morgan fingerprint density at radius 3 is 2.33 bits per heavy atom. The largest absolute Gasteiger partial charge is 0.478 e. The van der Waals surface area contributed by atoms with Crippen LogP contribution in [0.3, 0.4) is 0 Å². The SMILES string of the molecule is CNC(=O)COc1cc2cc(Nc3nc(N4CCC(OC5CC(N6[C@H](C)CN(c7ccc8c(c7)C(=O)N([C@@H]7CCC(=O)NC7=O)C8=O)C[C@H]6C)C5)CC4)ncc3Cl)ccc2n(C(C)C)c1=O. The number of hydrogen-bond donors (Lipinski definition) is 3. The summed E-state index contributed by atoms with van der Waals surface area (Å²) in [4.78, 5) is 93.5. The molecule has 1 aliphatic carbocycles. The van der Waals surface area contributed by atoms with E-state index in [1.807, 2.05) is 38.1 Å². The number of aromatic nitrogens is 3. The lowest BCUT2D eigenvalue weighted by Gasteiger charge is -2.53. The van der Waals surface area contributed by atoms with Crippen LogP contribution in [-0.2, 0) is 19.1 Å². The molecule has 0 spiro atoms. The van der Waals surface area contributed by atoms with Gasteiger partial charge in [0.2, 0.25) is 17.8 Å². The van der Waals surface area contributed by atoms with Crippen molar-refractivity contribution < 1.29 is 33.4 Å². The number of halogens is 1. The molecule has 5 aliphatic rings. The molecule has 4 aromatic rings. The maximum atomic E-state index is 13.5. The Morgan fingerprint density at radius 2 is 1.64 bits per heavy atom. The molecule has 2 aromatic carbocycles. The number of benzene rings is 2. The van der Waals surface area contributed by atoms with E-state index in [9.17, 15) is 28.8 Å². The van der Waals surface area contributed by atoms with Gasteiger partial charge in [-0.3, -0.25) is 43.9 Å². The van der Waals surface area contributed by atoms with Crippen LogP contribution in [0.1, 0.15) is 93.0 Å². The lowest BCUT2D eigenvalue weighted by atomic mass is 9.84. The molecule has 3 N–H and O–H groups in total. The number of likely N-dealkylation sites (N-methyl/N-ethyl adjacent to an activating group) is 1. The van der Waals surface area contributed by atoms with E-state index >= 15 is 0 Å². The van der Waals surface area contributed by atoms with Crippen molar-refractivity contribution in [3.8, 4) is 5.75 Å². The van der Waals surface area contributed by atoms with E-state index in [-0.39, 0.29) is 72.6 Å². The first-order chi connectivity index (χ1) is 31.7. The summed E-state index contributed by atoms with van der Waals surface area (Å²) in [6.07, 6.45) is 5.73. The van der Waals surface area contributed by atoms with Crippen molar-refractivity contribution in [3.05, 3.63) is 75.2 Å². The Balaban J connectivity index is 0.767. The first-order valence-corrected chi connectivity index (χ1v) is 23.2. The number of anilines is 4. The van der Waals surface area contributed by atoms with E-state index in [2.05, 4.69) is 49.5 Å². The van der Waals surface area contributed by atoms with Crippen molar-refractivity contribution in [2.75, 3.05) is 55.0 Å². The molecule has 3 atom stereocenters. The van der Waals surface area contributed by atoms with Gasteiger partial charge < -0.3 is 34.5 Å². The lowest BCUT2D eigenvalue weighted by molar-refractivity contribution is -0.136. The molecule has 9 rings (SSSR count). The number of carbonyl (C=O) groups is 5. The molecule has 5 amide bonds. The van der Waals surface area contributed by atoms with Crippen molar-refractivity contribution in [3.63, 3.8) is 0 Å². The first-order valence-electron chi connectivity index (χ1n) is 22.8. The van der Waals surface area contributed by atoms with Crippen molar-refractivity contribution in [2.24, 2.45) is 0 Å². The standard InChI is InChI=1S/C47H55ClN10O8/c1-25(2)56-37-9-6-29(16-28(37)17-39(46(56)64)65-24-41(60)49-5)51-42-36(48)21-50-47(53-42)54-14-12-32(13-15-54)66-33-18-31(19-33)57-26(3)22-55(23-27(57)4)30-7-8-34-35(20-30)45(63)58(44(34)62)38-10-11-40(59)52-43(38)61/h6-9,16-17,20-21,25-27,31-33,38H,10-15,18-19,22-24H2,1-5H3,(H,49,60)(H,50,51,53)(H,52,59,61)/t26-,27-,31?,33?,38-/m1/s1. The Hall–Kier alpha value is -6.11. The molecule has 4 fully saturated rings. The summed E-state index contributed by atoms with van der Waals surface area (Å²) in [6, 6.07) is 12.3. The third kappa shape index (κ3) is 8.68. The number of hydrogen-bond acceptors (Lipinski definition) is 14. The van der Waals surface area contributed by atoms with Gasteiger partial charge in [-0.2, -0.15) is 4.98 Å². The van der Waals surface area contributed by atoms with Crippen LogP contribution in [0, 0.1) is 0 Å². The second-order valence-corrected chi connectivity index (χ2v) is 18.7. The minimum atomic E-state index is -0.993. The fraction of sp³-hybridized carbons (Fsp3) is 0.489. The van der Waals surface area contributed by atoms with Crippen LogP contribution >= 0.6 is 11.6 Å². The third-order valence-corrected chi connectivity index (χ3v) is 13.8. The van der Waals surface area contributed by atoms with Gasteiger partial charge in [-0.1, -0.05) is 11.6 Å². The number of nitrogens with zero attached hydrogens (tertiary/aromatic N) is 7. The normalized spacial score (nSPS) is 23.9. The molecular weight excluding hydrogens is 868 g/mol. The molecule has 0 unspecified atom stereocenters. The van der Waals surface area contributed by atoms with Crippen molar-refractivity contribution in [1.29, 1.82) is 0 Å². The zero-order valence-corrected chi connectivity index (χ0v) is 38.5. The minimum Gasteiger partial charge on any atom is -0.478 e. The maximum absolute atomic E-state index is 13.5. The van der Waals surface area contributed by atoms with E-state index in [4.69, 9.17) is 26.1 Å². The number of carbonyl (C=O) groups excluding carboxylic acids is 5. The van der Waals surface area contributed by atoms with Crippen LogP contribution in [0.4, 0.5) is 23.1 Å². The van der Waals surface area contributed by atoms with Crippen LogP contribution in [0.2, 0.25) is 5.02 Å². The summed E-state index contributed by atoms with van der Waals surface area (Å²) in [6.45, 7) is 11.0. The predicted molar refractivity (Wildman–Crippen MR) is 248 cm³/mol. The molecule has 18 nitrogen and oxygen atoms in total. The zero-order valence-electron chi connectivity index (χ0n) is 37.7. The van der Waals surface area contributed by atoms with Crippen LogP contribution < -0.4 is 36.0 Å². The number of ether oxygens (including phenoxy) is 2. The molecule has 3 saturated heterocycles. The smallest absolute Gasteiger partial charge is 0.293 e. The number of imide groups is 2. The molecule has 66 heavy (non-hydrogen) atoms. The number of pyridine rings is 1. The maximum Gasteiger partial charge on any atom is 0.293 e. The summed E-state index contributed by atoms with van der Waals surface area (Å²) in [7, 11) is 1.51. The second-order valence-electron chi connectivity index (χ2n) is 18.3. The summed E-state index contributed by atoms with van der Waals surface area (Å²) in [5, 5.41) is 9.19. The number of amides is 5. The summed E-state index contributed by atoms with van der Waals surface area (Å²) in [5.41, 5.74) is 2.55. The predicted octanol–water partition coefficient (Wildman–Crippen LogP) is 4.41. The van der Waals surface area contributed by atoms with E-state index in [0.29, 0.717) is 34.1 Å². The van der Waals surface area contributed by atoms with E-state index < -0.39 is 29.7 Å². The van der Waals surface area contributed by atoms with Gasteiger partial charge in [0.05, 0.1) is 35.0 Å². The lowest BCUT2D eigenvalue weighted by Crippen LogP contribution is -2.63. The summed E-state index contributed by atoms with van der Waals surface area (Å²) in [5.74, 6) is -1.25. The number of piperazine rings is 1. The average molecular weight is 923 g/mol. The highest BCUT2D eigenvalue weighted by Crippen LogP contribution is 2.38. The van der Waals surface area contributed by atoms with E-state index in [1.165, 1.54) is 7.05 Å². The Labute approximate surface area is 386 Å². The van der Waals surface area contributed by atoms with Gasteiger partial charge in [0.25, 0.3) is 23.3 Å². The molecule has 348 valence electrons. The van der Waals surface area contributed by atoms with Gasteiger partial charge >= 0.3 is 0 Å². The summed E-state index contributed by atoms with van der Waals surface area (Å²) < 4.78 is 13.9. The van der Waals surface area contributed by atoms with Crippen molar-refractivity contribution in [2.45, 2.75) is 109 Å². The molecule has 0 radical (unpaired) electrons. The van der Waals surface area contributed by atoms with Crippen molar-refractivity contribution in [1.82, 2.24) is 35.0 Å². The highest BCUT2D eigenvalue weighted by atomic mass is 35.5. The van der Waals surface area contributed by atoms with Gasteiger partial charge in [-0.15, -0.1) is 0 Å². The highest BCUT2D eigenvalue weighted by Gasteiger charge is 2.46. The molecule has 4 aliphatic heterocycles.